The maximum absolute atomic E-state index is 13.5. The number of nitrogens with zero attached hydrogens (tertiary/aromatic N) is 2. The van der Waals surface area contributed by atoms with Crippen LogP contribution in [0.2, 0.25) is 5.02 Å². The van der Waals surface area contributed by atoms with Gasteiger partial charge in [-0.2, -0.15) is 0 Å². The Kier molecular flexibility index (Phi) is 6.01. The lowest BCUT2D eigenvalue weighted by molar-refractivity contribution is -0.384. The number of benzene rings is 2. The minimum Gasteiger partial charge on any atom is -0.323 e. The fourth-order valence-corrected chi connectivity index (χ4v) is 3.71. The highest BCUT2D eigenvalue weighted by Gasteiger charge is 2.30. The molecule has 1 unspecified atom stereocenters. The number of anilines is 2. The number of hydrogen-bond donors (Lipinski definition) is 1. The van der Waals surface area contributed by atoms with Crippen molar-refractivity contribution in [1.29, 1.82) is 0 Å². The Hall–Kier alpha value is -2.72. The number of non-ortho nitro benzene ring substituents is 1. The first-order chi connectivity index (χ1) is 12.5. The minimum absolute atomic E-state index is 0.0368. The van der Waals surface area contributed by atoms with Crippen LogP contribution in [0.5, 0.6) is 0 Å². The molecule has 0 aliphatic rings. The summed E-state index contributed by atoms with van der Waals surface area (Å²) in [6.07, 6.45) is 0.877. The number of carbonyl (C=O) groups excluding carboxylic acids is 1. The lowest BCUT2D eigenvalue weighted by Crippen LogP contribution is -2.45. The molecule has 1 amide bonds. The Morgan fingerprint density at radius 2 is 1.96 bits per heavy atom. The minimum atomic E-state index is -3.94. The van der Waals surface area contributed by atoms with E-state index in [-0.39, 0.29) is 22.1 Å². The van der Waals surface area contributed by atoms with E-state index in [0.29, 0.717) is 0 Å². The molecule has 0 aromatic heterocycles. The molecule has 11 heteroatoms. The van der Waals surface area contributed by atoms with Gasteiger partial charge >= 0.3 is 0 Å². The molecule has 0 fully saturated rings. The highest BCUT2D eigenvalue weighted by Crippen LogP contribution is 2.28. The van der Waals surface area contributed by atoms with Gasteiger partial charge in [-0.15, -0.1) is 0 Å². The average Bonchev–Trinajstić information content (AvgIpc) is 2.55. The van der Waals surface area contributed by atoms with E-state index < -0.39 is 32.7 Å². The largest absolute Gasteiger partial charge is 0.323 e. The third-order valence-corrected chi connectivity index (χ3v) is 5.14. The summed E-state index contributed by atoms with van der Waals surface area (Å²) < 4.78 is 38.6. The molecule has 2 aromatic carbocycles. The molecule has 144 valence electrons. The normalized spacial score (nSPS) is 12.3. The van der Waals surface area contributed by atoms with Gasteiger partial charge in [0.25, 0.3) is 5.69 Å². The van der Waals surface area contributed by atoms with Gasteiger partial charge < -0.3 is 5.32 Å². The van der Waals surface area contributed by atoms with Gasteiger partial charge in [0.15, 0.2) is 0 Å². The van der Waals surface area contributed by atoms with Crippen LogP contribution in [0.3, 0.4) is 0 Å². The maximum Gasteiger partial charge on any atom is 0.271 e. The molecule has 2 aromatic rings. The number of hydrogen-bond acceptors (Lipinski definition) is 5. The van der Waals surface area contributed by atoms with Crippen LogP contribution < -0.4 is 9.62 Å². The smallest absolute Gasteiger partial charge is 0.271 e. The zero-order valence-electron chi connectivity index (χ0n) is 14.2. The van der Waals surface area contributed by atoms with Crippen molar-refractivity contribution in [3.05, 3.63) is 63.4 Å². The van der Waals surface area contributed by atoms with Crippen molar-refractivity contribution in [2.24, 2.45) is 0 Å². The number of nitrogens with one attached hydrogen (secondary N) is 1. The van der Waals surface area contributed by atoms with Crippen LogP contribution in [0.15, 0.2) is 42.5 Å². The van der Waals surface area contributed by atoms with E-state index >= 15 is 0 Å². The second-order valence-corrected chi connectivity index (χ2v) is 7.89. The van der Waals surface area contributed by atoms with Crippen LogP contribution in [0.4, 0.5) is 21.5 Å². The van der Waals surface area contributed by atoms with Crippen molar-refractivity contribution >= 4 is 44.6 Å². The molecule has 0 spiro atoms. The molecule has 0 saturated heterocycles. The lowest BCUT2D eigenvalue weighted by atomic mass is 10.2. The number of sulfonamides is 1. The molecule has 0 saturated carbocycles. The maximum atomic E-state index is 13.5. The van der Waals surface area contributed by atoms with Gasteiger partial charge in [-0.3, -0.25) is 19.2 Å². The quantitative estimate of drug-likeness (QED) is 0.575. The molecule has 0 heterocycles. The third-order valence-electron chi connectivity index (χ3n) is 3.57. The Morgan fingerprint density at radius 3 is 2.52 bits per heavy atom. The third kappa shape index (κ3) is 4.92. The summed E-state index contributed by atoms with van der Waals surface area (Å²) in [6.45, 7) is 1.30. The highest BCUT2D eigenvalue weighted by molar-refractivity contribution is 7.92. The van der Waals surface area contributed by atoms with Crippen molar-refractivity contribution in [1.82, 2.24) is 0 Å². The number of amides is 1. The van der Waals surface area contributed by atoms with Gasteiger partial charge in [0, 0.05) is 12.1 Å². The van der Waals surface area contributed by atoms with E-state index in [2.05, 4.69) is 5.32 Å². The molecule has 2 rings (SSSR count). The fourth-order valence-electron chi connectivity index (χ4n) is 2.38. The molecule has 1 atom stereocenters. The number of nitro groups is 1. The summed E-state index contributed by atoms with van der Waals surface area (Å²) >= 11 is 5.94. The number of carbonyl (C=O) groups is 1. The summed E-state index contributed by atoms with van der Waals surface area (Å²) in [7, 11) is -3.94. The Balaban J connectivity index is 2.36. The average molecular weight is 416 g/mol. The van der Waals surface area contributed by atoms with Crippen molar-refractivity contribution < 1.29 is 22.5 Å². The van der Waals surface area contributed by atoms with Gasteiger partial charge in [-0.05, 0) is 31.2 Å². The van der Waals surface area contributed by atoms with Gasteiger partial charge in [0.05, 0.1) is 27.6 Å². The predicted molar refractivity (Wildman–Crippen MR) is 99.9 cm³/mol. The van der Waals surface area contributed by atoms with Gasteiger partial charge in [-0.1, -0.05) is 17.7 Å². The molecule has 27 heavy (non-hydrogen) atoms. The number of nitro benzene ring substituents is 1. The van der Waals surface area contributed by atoms with E-state index in [4.69, 9.17) is 11.6 Å². The molecular weight excluding hydrogens is 401 g/mol. The number of rotatable bonds is 6. The summed E-state index contributed by atoms with van der Waals surface area (Å²) in [5.41, 5.74) is -0.381. The van der Waals surface area contributed by atoms with E-state index in [0.717, 1.165) is 34.8 Å². The van der Waals surface area contributed by atoms with Crippen molar-refractivity contribution in [2.45, 2.75) is 13.0 Å². The van der Waals surface area contributed by atoms with E-state index in [1.165, 1.54) is 25.1 Å². The van der Waals surface area contributed by atoms with Gasteiger partial charge in [0.1, 0.15) is 11.9 Å². The number of halogens is 2. The van der Waals surface area contributed by atoms with Crippen molar-refractivity contribution in [3.63, 3.8) is 0 Å². The van der Waals surface area contributed by atoms with E-state index in [1.807, 2.05) is 0 Å². The Morgan fingerprint density at radius 1 is 1.30 bits per heavy atom. The van der Waals surface area contributed by atoms with Crippen LogP contribution in [0, 0.1) is 15.9 Å². The van der Waals surface area contributed by atoms with E-state index in [9.17, 15) is 27.7 Å². The first kappa shape index (κ1) is 20.6. The Bertz CT molecular complexity index is 999. The summed E-state index contributed by atoms with van der Waals surface area (Å²) in [5.74, 6) is -1.47. The van der Waals surface area contributed by atoms with E-state index in [1.54, 1.807) is 0 Å². The second kappa shape index (κ2) is 7.89. The van der Waals surface area contributed by atoms with Crippen LogP contribution in [-0.4, -0.2) is 31.5 Å². The molecule has 0 aliphatic carbocycles. The van der Waals surface area contributed by atoms with Crippen molar-refractivity contribution in [2.75, 3.05) is 15.9 Å². The summed E-state index contributed by atoms with van der Waals surface area (Å²) in [4.78, 5) is 22.8. The van der Waals surface area contributed by atoms with Gasteiger partial charge in [0.2, 0.25) is 15.9 Å². The SMILES string of the molecule is CC(C(=O)Nc1cc([N+](=O)[O-])ccc1Cl)N(c1cccc(F)c1)S(C)(=O)=O. The van der Waals surface area contributed by atoms with Crippen molar-refractivity contribution in [3.8, 4) is 0 Å². The van der Waals surface area contributed by atoms with Crippen LogP contribution in [0.25, 0.3) is 0 Å². The first-order valence-electron chi connectivity index (χ1n) is 7.50. The fraction of sp³-hybridized carbons (Fsp3) is 0.188. The molecule has 0 radical (unpaired) electrons. The van der Waals surface area contributed by atoms with Gasteiger partial charge in [-0.25, -0.2) is 12.8 Å². The topological polar surface area (TPSA) is 110 Å². The first-order valence-corrected chi connectivity index (χ1v) is 9.73. The molecule has 0 aliphatic heterocycles. The molecule has 1 N–H and O–H groups in total. The van der Waals surface area contributed by atoms with Crippen LogP contribution in [-0.2, 0) is 14.8 Å². The standard InChI is InChI=1S/C16H15ClFN3O5S/c1-10(20(27(2,25)26)12-5-3-4-11(18)8-12)16(22)19-15-9-13(21(23)24)6-7-14(15)17/h3-10H,1-2H3,(H,19,22). The van der Waals surface area contributed by atoms with Crippen LogP contribution >= 0.6 is 11.6 Å². The predicted octanol–water partition coefficient (Wildman–Crippen LogP) is 3.18. The van der Waals surface area contributed by atoms with Crippen LogP contribution in [0.1, 0.15) is 6.92 Å². The highest BCUT2D eigenvalue weighted by atomic mass is 35.5. The lowest BCUT2D eigenvalue weighted by Gasteiger charge is -2.28. The Labute approximate surface area is 159 Å². The monoisotopic (exact) mass is 415 g/mol. The summed E-state index contributed by atoms with van der Waals surface area (Å²) in [5, 5.41) is 13.3. The molecular formula is C16H15ClFN3O5S. The second-order valence-electron chi connectivity index (χ2n) is 5.63. The summed E-state index contributed by atoms with van der Waals surface area (Å²) in [6, 6.07) is 6.94. The zero-order chi connectivity index (χ0) is 20.4. The molecule has 8 nitrogen and oxygen atoms in total. The zero-order valence-corrected chi connectivity index (χ0v) is 15.8. The molecule has 0 bridgehead atoms.